The molecule has 1 saturated heterocycles. The number of rotatable bonds is 6. The number of aromatic nitrogens is 1. The zero-order valence-electron chi connectivity index (χ0n) is 19.0. The number of ether oxygens (including phenoxy) is 1. The van der Waals surface area contributed by atoms with Crippen LogP contribution in [0.5, 0.6) is 0 Å². The van der Waals surface area contributed by atoms with E-state index in [1.807, 2.05) is 24.3 Å². The van der Waals surface area contributed by atoms with Gasteiger partial charge in [-0.1, -0.05) is 29.8 Å². The first-order chi connectivity index (χ1) is 15.5. The summed E-state index contributed by atoms with van der Waals surface area (Å²) in [5.41, 5.74) is 10.0. The van der Waals surface area contributed by atoms with Crippen LogP contribution in [0.2, 0.25) is 0 Å². The average Bonchev–Trinajstić information content (AvgIpc) is 3.08. The molecule has 166 valence electrons. The Balaban J connectivity index is 1.38. The van der Waals surface area contributed by atoms with E-state index >= 15 is 0 Å². The van der Waals surface area contributed by atoms with E-state index in [1.165, 1.54) is 16.0 Å². The van der Waals surface area contributed by atoms with Crippen molar-refractivity contribution in [3.63, 3.8) is 0 Å². The van der Waals surface area contributed by atoms with Crippen molar-refractivity contribution in [2.24, 2.45) is 5.10 Å². The summed E-state index contributed by atoms with van der Waals surface area (Å²) in [4.78, 5) is 14.0. The highest BCUT2D eigenvalue weighted by atomic mass is 16.5. The summed E-state index contributed by atoms with van der Waals surface area (Å²) in [5, 5.41) is 4.20. The van der Waals surface area contributed by atoms with Gasteiger partial charge in [-0.05, 0) is 51.1 Å². The fourth-order valence-electron chi connectivity index (χ4n) is 4.13. The number of quaternary nitrogens is 1. The first-order valence-corrected chi connectivity index (χ1v) is 11.1. The maximum atomic E-state index is 12.5. The molecule has 2 heterocycles. The number of nitrogens with one attached hydrogen (secondary N) is 2. The summed E-state index contributed by atoms with van der Waals surface area (Å²) < 4.78 is 7.60. The third-order valence-corrected chi connectivity index (χ3v) is 6.00. The molecule has 1 aliphatic heterocycles. The predicted molar refractivity (Wildman–Crippen MR) is 127 cm³/mol. The predicted octanol–water partition coefficient (Wildman–Crippen LogP) is 2.58. The molecule has 0 saturated carbocycles. The summed E-state index contributed by atoms with van der Waals surface area (Å²) in [5.74, 6) is -0.209. The van der Waals surface area contributed by atoms with Crippen molar-refractivity contribution in [3.8, 4) is 5.69 Å². The minimum Gasteiger partial charge on any atom is -0.370 e. The zero-order valence-corrected chi connectivity index (χ0v) is 19.0. The normalized spacial score (nSPS) is 14.7. The Morgan fingerprint density at radius 3 is 2.44 bits per heavy atom. The van der Waals surface area contributed by atoms with Crippen molar-refractivity contribution in [1.29, 1.82) is 0 Å². The van der Waals surface area contributed by atoms with Crippen molar-refractivity contribution >= 4 is 12.1 Å². The van der Waals surface area contributed by atoms with Gasteiger partial charge in [0.2, 0.25) is 0 Å². The summed E-state index contributed by atoms with van der Waals surface area (Å²) in [7, 11) is 0. The quantitative estimate of drug-likeness (QED) is 0.466. The van der Waals surface area contributed by atoms with Gasteiger partial charge in [0.15, 0.2) is 0 Å². The second kappa shape index (κ2) is 9.94. The number of morpholine rings is 1. The summed E-state index contributed by atoms with van der Waals surface area (Å²) in [6, 6.07) is 18.3. The maximum Gasteiger partial charge on any atom is 0.271 e. The highest BCUT2D eigenvalue weighted by Gasteiger charge is 2.14. The molecule has 3 aromatic rings. The molecule has 0 bridgehead atoms. The van der Waals surface area contributed by atoms with Crippen LogP contribution in [-0.2, 0) is 11.3 Å². The first kappa shape index (κ1) is 22.0. The van der Waals surface area contributed by atoms with E-state index in [0.29, 0.717) is 5.56 Å². The van der Waals surface area contributed by atoms with Crippen LogP contribution in [0, 0.1) is 20.8 Å². The Bertz CT molecular complexity index is 1090. The van der Waals surface area contributed by atoms with Gasteiger partial charge >= 0.3 is 0 Å². The van der Waals surface area contributed by atoms with Gasteiger partial charge in [-0.3, -0.25) is 4.79 Å². The molecule has 6 nitrogen and oxygen atoms in total. The third-order valence-electron chi connectivity index (χ3n) is 6.00. The van der Waals surface area contributed by atoms with E-state index in [9.17, 15) is 4.79 Å². The molecular formula is C26H31N4O2+. The van der Waals surface area contributed by atoms with Crippen LogP contribution in [0.25, 0.3) is 5.69 Å². The van der Waals surface area contributed by atoms with Crippen LogP contribution < -0.4 is 10.3 Å². The smallest absolute Gasteiger partial charge is 0.271 e. The van der Waals surface area contributed by atoms with Crippen LogP contribution in [0.3, 0.4) is 0 Å². The standard InChI is InChI=1S/C26H30N4O2/c1-19-4-10-25(11-5-19)30-20(2)16-24(21(30)3)17-27-28-26(31)23-8-6-22(7-9-23)18-29-12-14-32-15-13-29/h4-11,16-17H,12-15,18H2,1-3H3,(H,28,31)/p+1/b27-17-. The number of carbonyl (C=O) groups is 1. The molecular weight excluding hydrogens is 400 g/mol. The van der Waals surface area contributed by atoms with Crippen molar-refractivity contribution in [2.75, 3.05) is 26.3 Å². The minimum atomic E-state index is -0.209. The van der Waals surface area contributed by atoms with Gasteiger partial charge in [0.1, 0.15) is 19.6 Å². The van der Waals surface area contributed by atoms with Crippen LogP contribution in [0.4, 0.5) is 0 Å². The number of benzene rings is 2. The summed E-state index contributed by atoms with van der Waals surface area (Å²) in [6.07, 6.45) is 1.71. The maximum absolute atomic E-state index is 12.5. The highest BCUT2D eigenvalue weighted by Crippen LogP contribution is 2.20. The zero-order chi connectivity index (χ0) is 22.5. The van der Waals surface area contributed by atoms with E-state index in [0.717, 1.165) is 55.5 Å². The van der Waals surface area contributed by atoms with Crippen LogP contribution in [-0.4, -0.2) is 43.0 Å². The molecule has 4 rings (SSSR count). The van der Waals surface area contributed by atoms with Gasteiger partial charge in [0.25, 0.3) is 5.91 Å². The molecule has 0 aliphatic carbocycles. The lowest BCUT2D eigenvalue weighted by Crippen LogP contribution is -3.12. The Hall–Kier alpha value is -3.22. The molecule has 32 heavy (non-hydrogen) atoms. The molecule has 0 spiro atoms. The number of hydrogen-bond donors (Lipinski definition) is 2. The van der Waals surface area contributed by atoms with Crippen LogP contribution >= 0.6 is 0 Å². The summed E-state index contributed by atoms with van der Waals surface area (Å²) >= 11 is 0. The molecule has 0 unspecified atom stereocenters. The SMILES string of the molecule is Cc1ccc(-n2c(C)cc(/C=N\NC(=O)c3ccc(C[NH+]4CCOCC4)cc3)c2C)cc1. The number of carbonyl (C=O) groups excluding carboxylic acids is 1. The van der Waals surface area contributed by atoms with Crippen molar-refractivity contribution in [1.82, 2.24) is 9.99 Å². The van der Waals surface area contributed by atoms with Crippen molar-refractivity contribution < 1.29 is 14.4 Å². The number of nitrogens with zero attached hydrogens (tertiary/aromatic N) is 2. The third kappa shape index (κ3) is 5.15. The number of aryl methyl sites for hydroxylation is 2. The Morgan fingerprint density at radius 1 is 1.06 bits per heavy atom. The van der Waals surface area contributed by atoms with E-state index in [4.69, 9.17) is 4.74 Å². The van der Waals surface area contributed by atoms with Gasteiger partial charge in [-0.2, -0.15) is 5.10 Å². The lowest BCUT2D eigenvalue weighted by Gasteiger charge is -2.23. The average molecular weight is 432 g/mol. The second-order valence-corrected chi connectivity index (χ2v) is 8.43. The van der Waals surface area contributed by atoms with Gasteiger partial charge in [-0.25, -0.2) is 5.43 Å². The van der Waals surface area contributed by atoms with E-state index in [-0.39, 0.29) is 5.91 Å². The molecule has 1 aliphatic rings. The Labute approximate surface area is 189 Å². The second-order valence-electron chi connectivity index (χ2n) is 8.43. The fraction of sp³-hybridized carbons (Fsp3) is 0.308. The monoisotopic (exact) mass is 431 g/mol. The molecule has 1 amide bonds. The van der Waals surface area contributed by atoms with Crippen LogP contribution in [0.1, 0.15) is 38.4 Å². The van der Waals surface area contributed by atoms with E-state index in [2.05, 4.69) is 66.2 Å². The molecule has 0 atom stereocenters. The molecule has 1 aromatic heterocycles. The molecule has 2 aromatic carbocycles. The van der Waals surface area contributed by atoms with Crippen molar-refractivity contribution in [2.45, 2.75) is 27.3 Å². The largest absolute Gasteiger partial charge is 0.370 e. The molecule has 0 radical (unpaired) electrons. The van der Waals surface area contributed by atoms with Crippen molar-refractivity contribution in [3.05, 3.63) is 88.2 Å². The Kier molecular flexibility index (Phi) is 6.83. The highest BCUT2D eigenvalue weighted by molar-refractivity contribution is 5.95. The fourth-order valence-corrected chi connectivity index (χ4v) is 4.13. The number of hydrazone groups is 1. The number of hydrogen-bond acceptors (Lipinski definition) is 3. The number of amides is 1. The molecule has 6 heteroatoms. The topological polar surface area (TPSA) is 60.1 Å². The first-order valence-electron chi connectivity index (χ1n) is 11.1. The van der Waals surface area contributed by atoms with Gasteiger partial charge in [0, 0.05) is 33.8 Å². The Morgan fingerprint density at radius 2 is 1.75 bits per heavy atom. The minimum absolute atomic E-state index is 0.209. The van der Waals surface area contributed by atoms with E-state index < -0.39 is 0 Å². The lowest BCUT2D eigenvalue weighted by molar-refractivity contribution is -0.921. The lowest BCUT2D eigenvalue weighted by atomic mass is 10.1. The molecule has 1 fully saturated rings. The van der Waals surface area contributed by atoms with Crippen LogP contribution in [0.15, 0.2) is 59.7 Å². The molecule has 2 N–H and O–H groups in total. The van der Waals surface area contributed by atoms with E-state index in [1.54, 1.807) is 6.21 Å². The van der Waals surface area contributed by atoms with Gasteiger partial charge < -0.3 is 14.2 Å². The van der Waals surface area contributed by atoms with Gasteiger partial charge in [0.05, 0.1) is 19.4 Å². The van der Waals surface area contributed by atoms with Gasteiger partial charge in [-0.15, -0.1) is 0 Å². The summed E-state index contributed by atoms with van der Waals surface area (Å²) in [6.45, 7) is 10.9.